The van der Waals surface area contributed by atoms with E-state index in [1.807, 2.05) is 29.5 Å². The van der Waals surface area contributed by atoms with Crippen molar-refractivity contribution in [3.63, 3.8) is 0 Å². The fourth-order valence-corrected chi connectivity index (χ4v) is 2.83. The molecule has 0 aromatic heterocycles. The topological polar surface area (TPSA) is 98.5 Å². The number of carbonyl (C=O) groups excluding carboxylic acids is 2. The quantitative estimate of drug-likeness (QED) is 0.214. The molecule has 0 unspecified atom stereocenters. The number of halogens is 1. The van der Waals surface area contributed by atoms with Crippen LogP contribution in [0.25, 0.3) is 0 Å². The van der Waals surface area contributed by atoms with Crippen LogP contribution in [-0.4, -0.2) is 23.4 Å². The lowest BCUT2D eigenvalue weighted by Gasteiger charge is -2.08. The lowest BCUT2D eigenvalue weighted by atomic mass is 10.1. The second-order valence-corrected chi connectivity index (χ2v) is 6.60. The molecule has 0 fully saturated rings. The summed E-state index contributed by atoms with van der Waals surface area (Å²) in [6, 6.07) is 10.4. The van der Waals surface area contributed by atoms with Gasteiger partial charge in [0, 0.05) is 21.4 Å². The van der Waals surface area contributed by atoms with Gasteiger partial charge in [0.1, 0.15) is 0 Å². The van der Waals surface area contributed by atoms with Crippen molar-refractivity contribution in [3.05, 3.63) is 67.3 Å². The first-order valence-corrected chi connectivity index (χ1v) is 9.02. The van der Waals surface area contributed by atoms with E-state index in [-0.39, 0.29) is 11.6 Å². The number of benzene rings is 2. The smallest absolute Gasteiger partial charge is 0.338 e. The lowest BCUT2D eigenvalue weighted by molar-refractivity contribution is -0.384. The predicted molar refractivity (Wildman–Crippen MR) is 105 cm³/mol. The van der Waals surface area contributed by atoms with Crippen LogP contribution in [0.15, 0.2) is 42.5 Å². The molecular formula is C18H17IN2O5. The molecule has 0 atom stereocenters. The Morgan fingerprint density at radius 1 is 1.19 bits per heavy atom. The number of nitrogens with zero attached hydrogens (tertiary/aromatic N) is 1. The Hall–Kier alpha value is -2.49. The fraction of sp³-hybridized carbons (Fsp3) is 0.222. The molecular weight excluding hydrogens is 451 g/mol. The van der Waals surface area contributed by atoms with E-state index in [1.165, 1.54) is 18.2 Å². The molecule has 2 rings (SSSR count). The number of unbranched alkanes of at least 4 members (excludes halogenated alkanes) is 1. The van der Waals surface area contributed by atoms with E-state index in [9.17, 15) is 19.7 Å². The molecule has 0 aliphatic carbocycles. The molecule has 2 aromatic carbocycles. The Kier molecular flexibility index (Phi) is 7.07. The Morgan fingerprint density at radius 2 is 1.88 bits per heavy atom. The maximum absolute atomic E-state index is 12.3. The molecule has 1 N–H and O–H groups in total. The Labute approximate surface area is 164 Å². The molecule has 2 aromatic rings. The van der Waals surface area contributed by atoms with Crippen molar-refractivity contribution in [2.75, 3.05) is 11.9 Å². The second-order valence-electron chi connectivity index (χ2n) is 5.44. The summed E-state index contributed by atoms with van der Waals surface area (Å²) in [4.78, 5) is 34.4. The van der Waals surface area contributed by atoms with Crippen LogP contribution >= 0.6 is 22.6 Å². The zero-order chi connectivity index (χ0) is 19.1. The molecule has 0 aliphatic heterocycles. The number of hydrogen-bond donors (Lipinski definition) is 1. The summed E-state index contributed by atoms with van der Waals surface area (Å²) in [5.74, 6) is -0.788. The third kappa shape index (κ3) is 5.25. The SMILES string of the molecule is CCCCOC(=O)c1ccc(NC(=O)c2ccc([N+](=O)[O-])cc2I)cc1. The Balaban J connectivity index is 2.03. The normalized spacial score (nSPS) is 10.2. The summed E-state index contributed by atoms with van der Waals surface area (Å²) >= 11 is 1.88. The summed E-state index contributed by atoms with van der Waals surface area (Å²) < 4.78 is 5.60. The van der Waals surface area contributed by atoms with Gasteiger partial charge in [0.05, 0.1) is 22.7 Å². The number of hydrogen-bond acceptors (Lipinski definition) is 5. The minimum Gasteiger partial charge on any atom is -0.462 e. The number of rotatable bonds is 7. The molecule has 0 saturated heterocycles. The molecule has 0 spiro atoms. The monoisotopic (exact) mass is 468 g/mol. The summed E-state index contributed by atoms with van der Waals surface area (Å²) in [6.45, 7) is 2.39. The number of amides is 1. The number of nitrogens with one attached hydrogen (secondary N) is 1. The van der Waals surface area contributed by atoms with Crippen LogP contribution in [0.3, 0.4) is 0 Å². The van der Waals surface area contributed by atoms with Crippen molar-refractivity contribution < 1.29 is 19.2 Å². The molecule has 1 amide bonds. The molecule has 0 aliphatic rings. The van der Waals surface area contributed by atoms with Crippen LogP contribution in [-0.2, 0) is 4.74 Å². The van der Waals surface area contributed by atoms with Gasteiger partial charge in [-0.1, -0.05) is 13.3 Å². The van der Waals surface area contributed by atoms with Crippen molar-refractivity contribution in [1.82, 2.24) is 0 Å². The number of carbonyl (C=O) groups is 2. The van der Waals surface area contributed by atoms with E-state index in [2.05, 4.69) is 5.32 Å². The molecule has 7 nitrogen and oxygen atoms in total. The molecule has 0 radical (unpaired) electrons. The highest BCUT2D eigenvalue weighted by Crippen LogP contribution is 2.21. The van der Waals surface area contributed by atoms with E-state index >= 15 is 0 Å². The highest BCUT2D eigenvalue weighted by Gasteiger charge is 2.15. The molecule has 136 valence electrons. The molecule has 0 heterocycles. The van der Waals surface area contributed by atoms with Gasteiger partial charge in [-0.2, -0.15) is 0 Å². The highest BCUT2D eigenvalue weighted by molar-refractivity contribution is 14.1. The average Bonchev–Trinajstić information content (AvgIpc) is 2.62. The minimum absolute atomic E-state index is 0.0723. The van der Waals surface area contributed by atoms with E-state index in [4.69, 9.17) is 4.74 Å². The maximum Gasteiger partial charge on any atom is 0.338 e. The fourth-order valence-electron chi connectivity index (χ4n) is 2.08. The van der Waals surface area contributed by atoms with Crippen molar-refractivity contribution in [1.29, 1.82) is 0 Å². The van der Waals surface area contributed by atoms with Gasteiger partial charge in [0.2, 0.25) is 0 Å². The largest absolute Gasteiger partial charge is 0.462 e. The van der Waals surface area contributed by atoms with Crippen LogP contribution in [0.1, 0.15) is 40.5 Å². The van der Waals surface area contributed by atoms with Crippen molar-refractivity contribution >= 4 is 45.8 Å². The van der Waals surface area contributed by atoms with E-state index in [1.54, 1.807) is 24.3 Å². The number of nitro groups is 1. The standard InChI is InChI=1S/C18H17IN2O5/c1-2-3-10-26-18(23)12-4-6-13(7-5-12)20-17(22)15-9-8-14(21(24)25)11-16(15)19/h4-9,11H,2-3,10H2,1H3,(H,20,22). The van der Waals surface area contributed by atoms with Gasteiger partial charge in [0.15, 0.2) is 0 Å². The highest BCUT2D eigenvalue weighted by atomic mass is 127. The maximum atomic E-state index is 12.3. The lowest BCUT2D eigenvalue weighted by Crippen LogP contribution is -2.14. The van der Waals surface area contributed by atoms with Gasteiger partial charge in [-0.3, -0.25) is 14.9 Å². The zero-order valence-electron chi connectivity index (χ0n) is 14.0. The first kappa shape index (κ1) is 19.8. The van der Waals surface area contributed by atoms with Gasteiger partial charge in [0.25, 0.3) is 11.6 Å². The van der Waals surface area contributed by atoms with Gasteiger partial charge in [-0.05, 0) is 59.3 Å². The number of non-ortho nitro benzene ring substituents is 1. The van der Waals surface area contributed by atoms with E-state index in [0.717, 1.165) is 12.8 Å². The van der Waals surface area contributed by atoms with E-state index < -0.39 is 10.9 Å². The van der Waals surface area contributed by atoms with Gasteiger partial charge in [-0.25, -0.2) is 4.79 Å². The Bertz CT molecular complexity index is 821. The number of ether oxygens (including phenoxy) is 1. The first-order valence-electron chi connectivity index (χ1n) is 7.95. The average molecular weight is 468 g/mol. The molecule has 0 saturated carbocycles. The summed E-state index contributed by atoms with van der Waals surface area (Å²) in [5.41, 5.74) is 1.18. The van der Waals surface area contributed by atoms with Crippen molar-refractivity contribution in [2.45, 2.75) is 19.8 Å². The summed E-state index contributed by atoms with van der Waals surface area (Å²) in [5, 5.41) is 13.5. The number of esters is 1. The first-order chi connectivity index (χ1) is 12.4. The van der Waals surface area contributed by atoms with Crippen LogP contribution in [0.5, 0.6) is 0 Å². The molecule has 26 heavy (non-hydrogen) atoms. The minimum atomic E-state index is -0.512. The zero-order valence-corrected chi connectivity index (χ0v) is 16.2. The number of nitro benzene ring substituents is 1. The third-order valence-electron chi connectivity index (χ3n) is 3.52. The Morgan fingerprint density at radius 3 is 2.46 bits per heavy atom. The van der Waals surface area contributed by atoms with Crippen LogP contribution in [0.4, 0.5) is 11.4 Å². The van der Waals surface area contributed by atoms with Gasteiger partial charge < -0.3 is 10.1 Å². The predicted octanol–water partition coefficient (Wildman–Crippen LogP) is 4.41. The van der Waals surface area contributed by atoms with Crippen molar-refractivity contribution in [3.8, 4) is 0 Å². The van der Waals surface area contributed by atoms with E-state index in [0.29, 0.717) is 27.0 Å². The summed E-state index contributed by atoms with van der Waals surface area (Å²) in [6.07, 6.45) is 1.76. The number of anilines is 1. The molecule has 0 bridgehead atoms. The van der Waals surface area contributed by atoms with Gasteiger partial charge >= 0.3 is 5.97 Å². The summed E-state index contributed by atoms with van der Waals surface area (Å²) in [7, 11) is 0. The van der Waals surface area contributed by atoms with Gasteiger partial charge in [-0.15, -0.1) is 0 Å². The van der Waals surface area contributed by atoms with Crippen molar-refractivity contribution in [2.24, 2.45) is 0 Å². The van der Waals surface area contributed by atoms with Crippen LogP contribution < -0.4 is 5.32 Å². The van der Waals surface area contributed by atoms with Crippen LogP contribution in [0, 0.1) is 13.7 Å². The molecule has 8 heteroatoms. The second kappa shape index (κ2) is 9.27. The third-order valence-corrected chi connectivity index (χ3v) is 4.41. The van der Waals surface area contributed by atoms with Crippen LogP contribution in [0.2, 0.25) is 0 Å².